The molecule has 12 heteroatoms. The van der Waals surface area contributed by atoms with Gasteiger partial charge in [-0.15, -0.1) is 0 Å². The van der Waals surface area contributed by atoms with Gasteiger partial charge in [-0.25, -0.2) is 0 Å². The van der Waals surface area contributed by atoms with E-state index >= 15 is 0 Å². The minimum atomic E-state index is -5.68. The van der Waals surface area contributed by atoms with Crippen LogP contribution >= 0.6 is 15.6 Å². The van der Waals surface area contributed by atoms with Gasteiger partial charge in [-0.05, 0) is 0 Å². The van der Waals surface area contributed by atoms with Crippen LogP contribution in [-0.2, 0) is 32.9 Å². The molecular formula is K2O7P2Zn. The van der Waals surface area contributed by atoms with Crippen LogP contribution < -0.4 is 122 Å². The van der Waals surface area contributed by atoms with Gasteiger partial charge in [0.05, 0.1) is 15.6 Å². The fourth-order valence-electron chi connectivity index (χ4n) is 0.122. The number of phosphoric acid groups is 2. The quantitative estimate of drug-likeness (QED) is 0.364. The summed E-state index contributed by atoms with van der Waals surface area (Å²) in [6.07, 6.45) is 0. The molecule has 0 unspecified atom stereocenters. The van der Waals surface area contributed by atoms with Crippen molar-refractivity contribution >= 4 is 15.6 Å². The summed E-state index contributed by atoms with van der Waals surface area (Å²) in [4.78, 5) is 37.3. The second-order valence-corrected chi connectivity index (χ2v) is 3.42. The van der Waals surface area contributed by atoms with Crippen molar-refractivity contribution in [3.8, 4) is 0 Å². The van der Waals surface area contributed by atoms with Crippen LogP contribution in [0.4, 0.5) is 0 Å². The Balaban J connectivity index is -0.000000107. The van der Waals surface area contributed by atoms with Crippen LogP contribution in [-0.4, -0.2) is 0 Å². The van der Waals surface area contributed by atoms with E-state index in [2.05, 4.69) is 4.31 Å². The molecule has 0 amide bonds. The van der Waals surface area contributed by atoms with Crippen molar-refractivity contribution in [2.45, 2.75) is 0 Å². The fourth-order valence-corrected chi connectivity index (χ4v) is 1.10. The van der Waals surface area contributed by atoms with E-state index in [1.54, 1.807) is 0 Å². The second kappa shape index (κ2) is 10.3. The first-order valence-electron chi connectivity index (χ1n) is 1.46. The average Bonchev–Trinajstić information content (AvgIpc) is 1.14. The molecule has 0 saturated heterocycles. The topological polar surface area (TPSA) is 136 Å². The van der Waals surface area contributed by atoms with E-state index in [0.29, 0.717) is 0 Å². The van der Waals surface area contributed by atoms with E-state index in [0.717, 1.165) is 0 Å². The summed E-state index contributed by atoms with van der Waals surface area (Å²) in [6.45, 7) is 0. The first kappa shape index (κ1) is 25.1. The van der Waals surface area contributed by atoms with Gasteiger partial charge in [0.15, 0.2) is 0 Å². The van der Waals surface area contributed by atoms with Crippen LogP contribution in [0, 0.1) is 0 Å². The van der Waals surface area contributed by atoms with Gasteiger partial charge in [0.1, 0.15) is 0 Å². The monoisotopic (exact) mass is 316 g/mol. The molecule has 0 rings (SSSR count). The molecule has 0 spiro atoms. The Morgan fingerprint density at radius 1 is 0.833 bits per heavy atom. The van der Waals surface area contributed by atoms with E-state index in [9.17, 15) is 28.7 Å². The zero-order valence-corrected chi connectivity index (χ0v) is 17.5. The van der Waals surface area contributed by atoms with E-state index in [1.165, 1.54) is 0 Å². The van der Waals surface area contributed by atoms with Crippen molar-refractivity contribution in [2.24, 2.45) is 0 Å². The van der Waals surface area contributed by atoms with Crippen molar-refractivity contribution in [1.29, 1.82) is 0 Å². The van der Waals surface area contributed by atoms with Crippen molar-refractivity contribution < 1.29 is 155 Å². The molecule has 0 aliphatic carbocycles. The molecule has 0 N–H and O–H groups in total. The Morgan fingerprint density at radius 2 is 1.00 bits per heavy atom. The SMILES string of the molecule is O=P([O-])([O-])OP(=O)([O-])[O-].[K+].[K+].[Zn+2]. The second-order valence-electron chi connectivity index (χ2n) is 0.976. The molecule has 0 aromatic carbocycles. The van der Waals surface area contributed by atoms with Gasteiger partial charge in [-0.2, -0.15) is 0 Å². The van der Waals surface area contributed by atoms with Crippen LogP contribution in [0.25, 0.3) is 0 Å². The summed E-state index contributed by atoms with van der Waals surface area (Å²) < 4.78 is 21.2. The molecule has 0 bridgehead atoms. The zero-order chi connectivity index (χ0) is 7.71. The van der Waals surface area contributed by atoms with Crippen molar-refractivity contribution in [2.75, 3.05) is 0 Å². The third-order valence-corrected chi connectivity index (χ3v) is 1.80. The van der Waals surface area contributed by atoms with Crippen LogP contribution in [0.2, 0.25) is 0 Å². The van der Waals surface area contributed by atoms with Gasteiger partial charge in [-0.3, -0.25) is 0 Å². The smallest absolute Gasteiger partial charge is 0.790 e. The zero-order valence-electron chi connectivity index (χ0n) is 6.46. The van der Waals surface area contributed by atoms with Gasteiger partial charge in [0.25, 0.3) is 0 Å². The molecule has 0 heterocycles. The van der Waals surface area contributed by atoms with Gasteiger partial charge in [0, 0.05) is 0 Å². The Bertz CT molecular complexity index is 160. The number of rotatable bonds is 2. The molecule has 12 heavy (non-hydrogen) atoms. The summed E-state index contributed by atoms with van der Waals surface area (Å²) in [5, 5.41) is 0. The van der Waals surface area contributed by atoms with E-state index in [4.69, 9.17) is 0 Å². The average molecular weight is 318 g/mol. The normalized spacial score (nSPS) is 10.3. The Kier molecular flexibility index (Phi) is 21.6. The third-order valence-electron chi connectivity index (χ3n) is 0.200. The fraction of sp³-hybridized carbons (Fsp3) is 0. The molecule has 0 radical (unpaired) electrons. The third kappa shape index (κ3) is 23.8. The number of hydrogen-bond acceptors (Lipinski definition) is 7. The molecule has 7 nitrogen and oxygen atoms in total. The molecule has 0 saturated carbocycles. The van der Waals surface area contributed by atoms with Gasteiger partial charge >= 0.3 is 122 Å². The minimum absolute atomic E-state index is 0. The first-order chi connectivity index (χ1) is 3.71. The maximum atomic E-state index is 9.32. The molecule has 56 valence electrons. The summed E-state index contributed by atoms with van der Waals surface area (Å²) in [7, 11) is -11.4. The summed E-state index contributed by atoms with van der Waals surface area (Å²) >= 11 is 0. The van der Waals surface area contributed by atoms with E-state index in [-0.39, 0.29) is 122 Å². The Morgan fingerprint density at radius 3 is 1.00 bits per heavy atom. The molecule has 0 aromatic heterocycles. The maximum absolute atomic E-state index is 9.32. The molecule has 0 aliphatic rings. The first-order valence-corrected chi connectivity index (χ1v) is 4.38. The van der Waals surface area contributed by atoms with Crippen molar-refractivity contribution in [3.63, 3.8) is 0 Å². The number of hydrogen-bond donors (Lipinski definition) is 0. The van der Waals surface area contributed by atoms with Gasteiger partial charge in [0.2, 0.25) is 0 Å². The van der Waals surface area contributed by atoms with Gasteiger partial charge < -0.3 is 33.0 Å². The van der Waals surface area contributed by atoms with Crippen LogP contribution in [0.15, 0.2) is 0 Å². The minimum Gasteiger partial charge on any atom is -0.790 e. The molecule has 0 fully saturated rings. The van der Waals surface area contributed by atoms with Crippen LogP contribution in [0.3, 0.4) is 0 Å². The summed E-state index contributed by atoms with van der Waals surface area (Å²) in [6, 6.07) is 0. The predicted octanol–water partition coefficient (Wildman–Crippen LogP) is -9.33. The van der Waals surface area contributed by atoms with Gasteiger partial charge in [-0.1, -0.05) is 0 Å². The van der Waals surface area contributed by atoms with Crippen LogP contribution in [0.5, 0.6) is 0 Å². The van der Waals surface area contributed by atoms with E-state index in [1.807, 2.05) is 0 Å². The molecule has 0 atom stereocenters. The maximum Gasteiger partial charge on any atom is 2.00 e. The molecule has 0 aromatic rings. The Labute approximate surface area is 166 Å². The Hall–Kier alpha value is 4.16. The largest absolute Gasteiger partial charge is 2.00 e. The summed E-state index contributed by atoms with van der Waals surface area (Å²) in [5.74, 6) is 0. The standard InChI is InChI=1S/2K.H4O7P2.Zn/c;;1-8(2,3)7-9(4,5)6;/h;;(H2,1,2,3)(H2,4,5,6);/q2*+1;;+2/p-4. The van der Waals surface area contributed by atoms with Crippen LogP contribution in [0.1, 0.15) is 0 Å². The molecular weight excluding hydrogens is 318 g/mol. The molecule has 0 aliphatic heterocycles. The predicted molar refractivity (Wildman–Crippen MR) is 16.3 cm³/mol. The summed E-state index contributed by atoms with van der Waals surface area (Å²) in [5.41, 5.74) is 0. The van der Waals surface area contributed by atoms with Crippen molar-refractivity contribution in [1.82, 2.24) is 0 Å². The van der Waals surface area contributed by atoms with E-state index < -0.39 is 15.6 Å². The van der Waals surface area contributed by atoms with Crippen molar-refractivity contribution in [3.05, 3.63) is 0 Å².